The molecule has 1 aromatic carbocycles. The maximum atomic E-state index is 12.8. The number of rotatable bonds is 2. The molecule has 1 rings (SSSR count). The Bertz CT molecular complexity index is 369. The van der Waals surface area contributed by atoms with Crippen molar-refractivity contribution in [2.75, 3.05) is 5.32 Å². The van der Waals surface area contributed by atoms with Crippen molar-refractivity contribution in [3.8, 4) is 0 Å². The zero-order valence-corrected chi connectivity index (χ0v) is 7.65. The van der Waals surface area contributed by atoms with Gasteiger partial charge < -0.3 is 5.32 Å². The second-order valence-electron chi connectivity index (χ2n) is 2.88. The molecule has 1 aromatic rings. The van der Waals surface area contributed by atoms with Crippen LogP contribution < -0.4 is 5.32 Å². The first kappa shape index (κ1) is 11.5. The van der Waals surface area contributed by atoms with E-state index in [1.807, 2.05) is 0 Å². The Balaban J connectivity index is 2.93. The van der Waals surface area contributed by atoms with Crippen LogP contribution >= 0.6 is 0 Å². The van der Waals surface area contributed by atoms with Gasteiger partial charge in [-0.2, -0.15) is 8.78 Å². The van der Waals surface area contributed by atoms with Crippen molar-refractivity contribution in [1.82, 2.24) is 0 Å². The molecule has 0 aliphatic heterocycles. The average Bonchev–Trinajstić information content (AvgIpc) is 2.13. The number of carbonyl (C=O) groups excluding carboxylic acids is 1. The third-order valence-corrected chi connectivity index (χ3v) is 1.68. The number of anilines is 1. The van der Waals surface area contributed by atoms with Crippen molar-refractivity contribution < 1.29 is 22.4 Å². The summed E-state index contributed by atoms with van der Waals surface area (Å²) in [5.41, 5.74) is -0.267. The van der Waals surface area contributed by atoms with Gasteiger partial charge in [0, 0.05) is 11.8 Å². The fraction of sp³-hybridized carbons (Fsp3) is 0.222. The van der Waals surface area contributed by atoms with Crippen molar-refractivity contribution in [3.63, 3.8) is 0 Å². The Labute approximate surface area is 82.9 Å². The van der Waals surface area contributed by atoms with Crippen LogP contribution in [0.5, 0.6) is 0 Å². The van der Waals surface area contributed by atoms with Crippen molar-refractivity contribution in [1.29, 1.82) is 0 Å². The normalized spacial score (nSPS) is 10.5. The fourth-order valence-electron chi connectivity index (χ4n) is 0.996. The third-order valence-electron chi connectivity index (χ3n) is 1.68. The van der Waals surface area contributed by atoms with Crippen molar-refractivity contribution in [2.45, 2.75) is 13.3 Å². The van der Waals surface area contributed by atoms with Gasteiger partial charge in [-0.1, -0.05) is 0 Å². The molecule has 0 spiro atoms. The number of carbonyl (C=O) groups is 1. The molecule has 6 heteroatoms. The number of hydrogen-bond acceptors (Lipinski definition) is 1. The Kier molecular flexibility index (Phi) is 3.28. The van der Waals surface area contributed by atoms with Crippen LogP contribution in [0, 0.1) is 18.6 Å². The van der Waals surface area contributed by atoms with Gasteiger partial charge in [0.25, 0.3) is 5.91 Å². The largest absolute Gasteiger partial charge is 0.321 e. The van der Waals surface area contributed by atoms with Crippen LogP contribution in [0.1, 0.15) is 5.56 Å². The molecule has 0 unspecified atom stereocenters. The SMILES string of the molecule is Cc1cc(NC(=O)C(F)F)cc(F)c1F. The predicted molar refractivity (Wildman–Crippen MR) is 45.7 cm³/mol. The van der Waals surface area contributed by atoms with Crippen LogP contribution in [0.15, 0.2) is 12.1 Å². The summed E-state index contributed by atoms with van der Waals surface area (Å²) >= 11 is 0. The van der Waals surface area contributed by atoms with E-state index < -0.39 is 24.0 Å². The minimum atomic E-state index is -3.20. The minimum absolute atomic E-state index is 0.0698. The van der Waals surface area contributed by atoms with Gasteiger partial charge in [-0.3, -0.25) is 4.79 Å². The van der Waals surface area contributed by atoms with Crippen LogP contribution in [0.25, 0.3) is 0 Å². The van der Waals surface area contributed by atoms with E-state index in [0.717, 1.165) is 6.07 Å². The summed E-state index contributed by atoms with van der Waals surface area (Å²) in [4.78, 5) is 10.5. The van der Waals surface area contributed by atoms with Crippen LogP contribution in [0.2, 0.25) is 0 Å². The second-order valence-corrected chi connectivity index (χ2v) is 2.88. The highest BCUT2D eigenvalue weighted by atomic mass is 19.3. The molecule has 15 heavy (non-hydrogen) atoms. The van der Waals surface area contributed by atoms with E-state index in [0.29, 0.717) is 6.07 Å². The van der Waals surface area contributed by atoms with E-state index in [1.165, 1.54) is 6.92 Å². The van der Waals surface area contributed by atoms with Gasteiger partial charge in [0.1, 0.15) is 0 Å². The number of nitrogens with one attached hydrogen (secondary N) is 1. The summed E-state index contributed by atoms with van der Waals surface area (Å²) in [7, 11) is 0. The number of aryl methyl sites for hydroxylation is 1. The lowest BCUT2D eigenvalue weighted by Gasteiger charge is -2.06. The second kappa shape index (κ2) is 4.29. The first-order chi connectivity index (χ1) is 6.91. The smallest absolute Gasteiger partial charge is 0.315 e. The van der Waals surface area contributed by atoms with Gasteiger partial charge in [-0.15, -0.1) is 0 Å². The van der Waals surface area contributed by atoms with E-state index in [1.54, 1.807) is 5.32 Å². The highest BCUT2D eigenvalue weighted by Crippen LogP contribution is 2.18. The van der Waals surface area contributed by atoms with Crippen molar-refractivity contribution in [3.05, 3.63) is 29.3 Å². The molecule has 0 aliphatic carbocycles. The van der Waals surface area contributed by atoms with Crippen molar-refractivity contribution in [2.24, 2.45) is 0 Å². The maximum Gasteiger partial charge on any atom is 0.315 e. The molecule has 0 heterocycles. The molecule has 1 N–H and O–H groups in total. The summed E-state index contributed by atoms with van der Waals surface area (Å²) in [6, 6.07) is 1.71. The summed E-state index contributed by atoms with van der Waals surface area (Å²) in [6.07, 6.45) is -3.20. The van der Waals surface area contributed by atoms with E-state index in [2.05, 4.69) is 0 Å². The Morgan fingerprint density at radius 2 is 1.93 bits per heavy atom. The molecule has 0 aromatic heterocycles. The van der Waals surface area contributed by atoms with E-state index in [-0.39, 0.29) is 11.3 Å². The molecule has 0 radical (unpaired) electrons. The summed E-state index contributed by atoms with van der Waals surface area (Å²) in [5, 5.41) is 1.75. The summed E-state index contributed by atoms with van der Waals surface area (Å²) in [5.74, 6) is -3.81. The van der Waals surface area contributed by atoms with Crippen molar-refractivity contribution >= 4 is 11.6 Å². The summed E-state index contributed by atoms with van der Waals surface area (Å²) in [6.45, 7) is 1.26. The number of halogens is 4. The average molecular weight is 221 g/mol. The van der Waals surface area contributed by atoms with Gasteiger partial charge >= 0.3 is 6.43 Å². The molecular formula is C9H7F4NO. The number of hydrogen-bond donors (Lipinski definition) is 1. The molecule has 0 aliphatic rings. The van der Waals surface area contributed by atoms with Crippen LogP contribution in [-0.4, -0.2) is 12.3 Å². The third kappa shape index (κ3) is 2.68. The zero-order valence-electron chi connectivity index (χ0n) is 7.65. The van der Waals surface area contributed by atoms with Gasteiger partial charge in [0.2, 0.25) is 0 Å². The lowest BCUT2D eigenvalue weighted by Crippen LogP contribution is -2.20. The molecule has 2 nitrogen and oxygen atoms in total. The van der Waals surface area contributed by atoms with Gasteiger partial charge in [0.05, 0.1) is 0 Å². The van der Waals surface area contributed by atoms with Crippen LogP contribution in [0.3, 0.4) is 0 Å². The molecular weight excluding hydrogens is 214 g/mol. The summed E-state index contributed by atoms with van der Waals surface area (Å²) < 4.78 is 49.2. The Morgan fingerprint density at radius 1 is 1.33 bits per heavy atom. The standard InChI is InChI=1S/C9H7F4NO/c1-4-2-5(3-6(10)7(4)11)14-9(15)8(12)13/h2-3,8H,1H3,(H,14,15). The highest BCUT2D eigenvalue weighted by molar-refractivity contribution is 5.93. The molecule has 0 bridgehead atoms. The Hall–Kier alpha value is -1.59. The topological polar surface area (TPSA) is 29.1 Å². The molecule has 0 fully saturated rings. The minimum Gasteiger partial charge on any atom is -0.321 e. The number of alkyl halides is 2. The quantitative estimate of drug-likeness (QED) is 0.763. The lowest BCUT2D eigenvalue weighted by molar-refractivity contribution is -0.126. The fourth-order valence-corrected chi connectivity index (χ4v) is 0.996. The van der Waals surface area contributed by atoms with E-state index in [9.17, 15) is 22.4 Å². The monoisotopic (exact) mass is 221 g/mol. The predicted octanol–water partition coefficient (Wildman–Crippen LogP) is 2.48. The number of benzene rings is 1. The van der Waals surface area contributed by atoms with E-state index >= 15 is 0 Å². The first-order valence-electron chi connectivity index (χ1n) is 3.96. The van der Waals surface area contributed by atoms with E-state index in [4.69, 9.17) is 0 Å². The number of amides is 1. The Morgan fingerprint density at radius 3 is 2.40 bits per heavy atom. The zero-order chi connectivity index (χ0) is 11.6. The van der Waals surface area contributed by atoms with Gasteiger partial charge in [-0.25, -0.2) is 8.78 Å². The maximum absolute atomic E-state index is 12.8. The van der Waals surface area contributed by atoms with Crippen LogP contribution in [0.4, 0.5) is 23.2 Å². The van der Waals surface area contributed by atoms with Crippen LogP contribution in [-0.2, 0) is 4.79 Å². The molecule has 1 amide bonds. The molecule has 0 atom stereocenters. The molecule has 0 saturated heterocycles. The highest BCUT2D eigenvalue weighted by Gasteiger charge is 2.16. The molecule has 82 valence electrons. The lowest BCUT2D eigenvalue weighted by atomic mass is 10.2. The molecule has 0 saturated carbocycles. The van der Waals surface area contributed by atoms with Gasteiger partial charge in [0.15, 0.2) is 11.6 Å². The first-order valence-corrected chi connectivity index (χ1v) is 3.96. The van der Waals surface area contributed by atoms with Gasteiger partial charge in [-0.05, 0) is 18.6 Å².